The number of guanidine groups is 1. The summed E-state index contributed by atoms with van der Waals surface area (Å²) in [6.45, 7) is 5.25. The minimum atomic E-state index is -0.647. The Kier molecular flexibility index (Phi) is 8.65. The molecule has 0 amide bonds. The number of hydrogen-bond acceptors (Lipinski definition) is 3. The van der Waals surface area contributed by atoms with Gasteiger partial charge in [-0.25, -0.2) is 0 Å². The Morgan fingerprint density at radius 3 is 2.44 bits per heavy atom. The SMILES string of the molecule is CCNC(=NCC(O)c1ccc(OC)cc1)NC(C)CCc1ccccc1. The number of rotatable bonds is 9. The van der Waals surface area contributed by atoms with Gasteiger partial charge >= 0.3 is 0 Å². The number of ether oxygens (including phenoxy) is 1. The van der Waals surface area contributed by atoms with E-state index in [2.05, 4.69) is 46.8 Å². The molecule has 0 aliphatic carbocycles. The largest absolute Gasteiger partial charge is 0.497 e. The van der Waals surface area contributed by atoms with Crippen LogP contribution in [0.2, 0.25) is 0 Å². The summed E-state index contributed by atoms with van der Waals surface area (Å²) in [5.41, 5.74) is 2.16. The van der Waals surface area contributed by atoms with Crippen LogP contribution in [0.3, 0.4) is 0 Å². The number of hydrogen-bond donors (Lipinski definition) is 3. The highest BCUT2D eigenvalue weighted by atomic mass is 16.5. The average Bonchev–Trinajstić information content (AvgIpc) is 2.71. The van der Waals surface area contributed by atoms with Gasteiger partial charge < -0.3 is 20.5 Å². The number of aliphatic hydroxyl groups is 1. The normalized spacial score (nSPS) is 13.7. The van der Waals surface area contributed by atoms with Gasteiger partial charge in [-0.1, -0.05) is 42.5 Å². The molecule has 0 heterocycles. The van der Waals surface area contributed by atoms with E-state index in [0.717, 1.165) is 36.7 Å². The van der Waals surface area contributed by atoms with Gasteiger partial charge in [0.15, 0.2) is 5.96 Å². The van der Waals surface area contributed by atoms with E-state index in [1.54, 1.807) is 7.11 Å². The van der Waals surface area contributed by atoms with Crippen LogP contribution in [0.4, 0.5) is 0 Å². The van der Waals surface area contributed by atoms with Crippen molar-refractivity contribution in [2.45, 2.75) is 38.8 Å². The maximum atomic E-state index is 10.4. The molecular formula is C22H31N3O2. The van der Waals surface area contributed by atoms with Crippen molar-refractivity contribution < 1.29 is 9.84 Å². The quantitative estimate of drug-likeness (QED) is 0.469. The van der Waals surface area contributed by atoms with Crippen molar-refractivity contribution in [3.05, 3.63) is 65.7 Å². The molecule has 5 nitrogen and oxygen atoms in total. The van der Waals surface area contributed by atoms with Crippen LogP contribution in [0.5, 0.6) is 5.75 Å². The summed E-state index contributed by atoms with van der Waals surface area (Å²) in [6, 6.07) is 18.2. The van der Waals surface area contributed by atoms with Gasteiger partial charge in [-0.3, -0.25) is 4.99 Å². The zero-order valence-corrected chi connectivity index (χ0v) is 16.5. The maximum absolute atomic E-state index is 10.4. The summed E-state index contributed by atoms with van der Waals surface area (Å²) in [7, 11) is 1.63. The van der Waals surface area contributed by atoms with E-state index in [1.807, 2.05) is 37.3 Å². The topological polar surface area (TPSA) is 65.9 Å². The fraction of sp³-hybridized carbons (Fsp3) is 0.409. The summed E-state index contributed by atoms with van der Waals surface area (Å²) < 4.78 is 5.15. The van der Waals surface area contributed by atoms with E-state index >= 15 is 0 Å². The van der Waals surface area contributed by atoms with E-state index in [1.165, 1.54) is 5.56 Å². The molecule has 2 aromatic rings. The second-order valence-electron chi connectivity index (χ2n) is 6.58. The third kappa shape index (κ3) is 7.31. The van der Waals surface area contributed by atoms with Crippen LogP contribution in [0, 0.1) is 0 Å². The maximum Gasteiger partial charge on any atom is 0.191 e. The molecule has 27 heavy (non-hydrogen) atoms. The lowest BCUT2D eigenvalue weighted by Gasteiger charge is -2.18. The Balaban J connectivity index is 1.88. The van der Waals surface area contributed by atoms with Crippen molar-refractivity contribution in [2.75, 3.05) is 20.2 Å². The highest BCUT2D eigenvalue weighted by molar-refractivity contribution is 5.80. The van der Waals surface area contributed by atoms with E-state index < -0.39 is 6.10 Å². The van der Waals surface area contributed by atoms with Crippen LogP contribution < -0.4 is 15.4 Å². The number of nitrogens with zero attached hydrogens (tertiary/aromatic N) is 1. The van der Waals surface area contributed by atoms with E-state index in [9.17, 15) is 5.11 Å². The number of aliphatic hydroxyl groups excluding tert-OH is 1. The van der Waals surface area contributed by atoms with E-state index in [-0.39, 0.29) is 6.04 Å². The van der Waals surface area contributed by atoms with Gasteiger partial charge in [0, 0.05) is 12.6 Å². The first-order chi connectivity index (χ1) is 13.1. The first-order valence-corrected chi connectivity index (χ1v) is 9.53. The van der Waals surface area contributed by atoms with Gasteiger partial charge in [-0.2, -0.15) is 0 Å². The lowest BCUT2D eigenvalue weighted by Crippen LogP contribution is -2.42. The van der Waals surface area contributed by atoms with Gasteiger partial charge in [0.05, 0.1) is 19.8 Å². The Hall–Kier alpha value is -2.53. The van der Waals surface area contributed by atoms with Crippen LogP contribution in [0.1, 0.15) is 37.5 Å². The fourth-order valence-electron chi connectivity index (χ4n) is 2.76. The highest BCUT2D eigenvalue weighted by Gasteiger charge is 2.09. The van der Waals surface area contributed by atoms with Crippen molar-refractivity contribution in [2.24, 2.45) is 4.99 Å². The zero-order valence-electron chi connectivity index (χ0n) is 16.5. The molecule has 146 valence electrons. The molecule has 3 N–H and O–H groups in total. The summed E-state index contributed by atoms with van der Waals surface area (Å²) in [5, 5.41) is 17.0. The van der Waals surface area contributed by atoms with Gasteiger partial charge in [0.1, 0.15) is 5.75 Å². The molecule has 0 spiro atoms. The number of aryl methyl sites for hydroxylation is 1. The molecule has 0 aromatic heterocycles. The smallest absolute Gasteiger partial charge is 0.191 e. The molecule has 2 aromatic carbocycles. The van der Waals surface area contributed by atoms with Crippen LogP contribution >= 0.6 is 0 Å². The first kappa shape index (κ1) is 20.8. The molecule has 0 radical (unpaired) electrons. The molecule has 0 saturated heterocycles. The Bertz CT molecular complexity index is 686. The number of nitrogens with one attached hydrogen (secondary N) is 2. The van der Waals surface area contributed by atoms with Gasteiger partial charge in [-0.05, 0) is 49.9 Å². The van der Waals surface area contributed by atoms with Gasteiger partial charge in [0.25, 0.3) is 0 Å². The molecule has 0 saturated carbocycles. The lowest BCUT2D eigenvalue weighted by molar-refractivity contribution is 0.187. The monoisotopic (exact) mass is 369 g/mol. The minimum absolute atomic E-state index is 0.279. The summed E-state index contributed by atoms with van der Waals surface area (Å²) in [4.78, 5) is 4.54. The molecule has 2 unspecified atom stereocenters. The third-order valence-corrected chi connectivity index (χ3v) is 4.36. The standard InChI is InChI=1S/C22H31N3O2/c1-4-23-22(25-17(2)10-11-18-8-6-5-7-9-18)24-16-21(26)19-12-14-20(27-3)15-13-19/h5-9,12-15,17,21,26H,4,10-11,16H2,1-3H3,(H2,23,24,25). The van der Waals surface area contributed by atoms with Crippen molar-refractivity contribution in [1.82, 2.24) is 10.6 Å². The predicted octanol–water partition coefficient (Wildman–Crippen LogP) is 3.31. The minimum Gasteiger partial charge on any atom is -0.497 e. The van der Waals surface area contributed by atoms with Crippen molar-refractivity contribution in [3.63, 3.8) is 0 Å². The van der Waals surface area contributed by atoms with Crippen LogP contribution in [0.25, 0.3) is 0 Å². The van der Waals surface area contributed by atoms with Crippen molar-refractivity contribution in [3.8, 4) is 5.75 Å². The van der Waals surface area contributed by atoms with Crippen LogP contribution in [-0.4, -0.2) is 37.3 Å². The summed E-state index contributed by atoms with van der Waals surface area (Å²) in [5.74, 6) is 1.50. The Labute approximate surface area is 162 Å². The number of benzene rings is 2. The molecule has 0 aliphatic heterocycles. The molecule has 0 aliphatic rings. The summed E-state index contributed by atoms with van der Waals surface area (Å²) in [6.07, 6.45) is 1.38. The molecular weight excluding hydrogens is 338 g/mol. The zero-order chi connectivity index (χ0) is 19.5. The molecule has 0 bridgehead atoms. The molecule has 2 rings (SSSR count). The fourth-order valence-corrected chi connectivity index (χ4v) is 2.76. The lowest BCUT2D eigenvalue weighted by atomic mass is 10.1. The van der Waals surface area contributed by atoms with Crippen LogP contribution in [-0.2, 0) is 6.42 Å². The van der Waals surface area contributed by atoms with Crippen molar-refractivity contribution in [1.29, 1.82) is 0 Å². The van der Waals surface area contributed by atoms with Crippen molar-refractivity contribution >= 4 is 5.96 Å². The number of methoxy groups -OCH3 is 1. The first-order valence-electron chi connectivity index (χ1n) is 9.53. The van der Waals surface area contributed by atoms with E-state index in [4.69, 9.17) is 4.74 Å². The molecule has 0 fully saturated rings. The molecule has 5 heteroatoms. The summed E-state index contributed by atoms with van der Waals surface area (Å²) >= 11 is 0. The Morgan fingerprint density at radius 2 is 1.81 bits per heavy atom. The van der Waals surface area contributed by atoms with E-state index in [0.29, 0.717) is 6.54 Å². The second-order valence-corrected chi connectivity index (χ2v) is 6.58. The molecule has 2 atom stereocenters. The third-order valence-electron chi connectivity index (χ3n) is 4.36. The predicted molar refractivity (Wildman–Crippen MR) is 111 cm³/mol. The van der Waals surface area contributed by atoms with Gasteiger partial charge in [0.2, 0.25) is 0 Å². The number of aliphatic imine (C=N–C) groups is 1. The highest BCUT2D eigenvalue weighted by Crippen LogP contribution is 2.17. The second kappa shape index (κ2) is 11.2. The van der Waals surface area contributed by atoms with Gasteiger partial charge in [-0.15, -0.1) is 0 Å². The van der Waals surface area contributed by atoms with Crippen LogP contribution in [0.15, 0.2) is 59.6 Å². The average molecular weight is 370 g/mol. The Morgan fingerprint density at radius 1 is 1.11 bits per heavy atom.